The van der Waals surface area contributed by atoms with E-state index in [1.54, 1.807) is 24.1 Å². The van der Waals surface area contributed by atoms with Crippen molar-refractivity contribution < 1.29 is 9.84 Å². The van der Waals surface area contributed by atoms with E-state index >= 15 is 0 Å². The second-order valence-electron chi connectivity index (χ2n) is 3.94. The predicted molar refractivity (Wildman–Crippen MR) is 65.2 cm³/mol. The van der Waals surface area contributed by atoms with E-state index in [1.165, 1.54) is 0 Å². The molecule has 0 spiro atoms. The highest BCUT2D eigenvalue weighted by atomic mass is 16.5. The Balaban J connectivity index is 2.11. The monoisotopic (exact) mass is 248 g/mol. The third-order valence-electron chi connectivity index (χ3n) is 2.60. The van der Waals surface area contributed by atoms with Crippen molar-refractivity contribution >= 4 is 0 Å². The minimum atomic E-state index is -0.558. The minimum absolute atomic E-state index is 0.501. The van der Waals surface area contributed by atoms with Crippen LogP contribution in [0.1, 0.15) is 30.8 Å². The summed E-state index contributed by atoms with van der Waals surface area (Å²) in [5.41, 5.74) is 1.41. The number of pyridine rings is 1. The molecule has 96 valence electrons. The topological polar surface area (TPSA) is 73.1 Å². The van der Waals surface area contributed by atoms with Crippen LogP contribution in [0.2, 0.25) is 0 Å². The van der Waals surface area contributed by atoms with Gasteiger partial charge >= 0.3 is 0 Å². The molecule has 0 amide bonds. The van der Waals surface area contributed by atoms with Crippen LogP contribution in [-0.2, 0) is 6.54 Å². The summed E-state index contributed by atoms with van der Waals surface area (Å²) in [6, 6.07) is 5.55. The van der Waals surface area contributed by atoms with Gasteiger partial charge in [0.1, 0.15) is 5.69 Å². The summed E-state index contributed by atoms with van der Waals surface area (Å²) in [5, 5.41) is 17.5. The van der Waals surface area contributed by atoms with Gasteiger partial charge in [-0.3, -0.25) is 0 Å². The zero-order valence-corrected chi connectivity index (χ0v) is 10.4. The minimum Gasteiger partial charge on any atom is -0.481 e. The van der Waals surface area contributed by atoms with E-state index in [0.29, 0.717) is 24.5 Å². The van der Waals surface area contributed by atoms with Crippen LogP contribution in [-0.4, -0.2) is 32.2 Å². The Morgan fingerprint density at radius 3 is 3.00 bits per heavy atom. The molecule has 0 aromatic carbocycles. The summed E-state index contributed by atoms with van der Waals surface area (Å²) in [7, 11) is 1.58. The first-order valence-corrected chi connectivity index (χ1v) is 5.81. The van der Waals surface area contributed by atoms with Crippen molar-refractivity contribution in [3.05, 3.63) is 35.8 Å². The maximum absolute atomic E-state index is 9.64. The van der Waals surface area contributed by atoms with Crippen molar-refractivity contribution in [3.63, 3.8) is 0 Å². The van der Waals surface area contributed by atoms with Crippen LogP contribution in [0.5, 0.6) is 5.88 Å². The van der Waals surface area contributed by atoms with E-state index in [4.69, 9.17) is 4.74 Å². The van der Waals surface area contributed by atoms with E-state index in [-0.39, 0.29) is 0 Å². The van der Waals surface area contributed by atoms with E-state index in [0.717, 1.165) is 5.69 Å². The smallest absolute Gasteiger partial charge is 0.213 e. The van der Waals surface area contributed by atoms with Gasteiger partial charge in [0.05, 0.1) is 31.6 Å². The molecule has 2 heterocycles. The third-order valence-corrected chi connectivity index (χ3v) is 2.60. The Morgan fingerprint density at radius 2 is 2.28 bits per heavy atom. The summed E-state index contributed by atoms with van der Waals surface area (Å²) < 4.78 is 6.71. The van der Waals surface area contributed by atoms with E-state index in [2.05, 4.69) is 15.3 Å². The van der Waals surface area contributed by atoms with Crippen LogP contribution in [0.4, 0.5) is 0 Å². The van der Waals surface area contributed by atoms with Crippen molar-refractivity contribution in [2.75, 3.05) is 7.11 Å². The van der Waals surface area contributed by atoms with E-state index < -0.39 is 6.10 Å². The molecule has 2 aromatic heterocycles. The molecule has 6 heteroatoms. The van der Waals surface area contributed by atoms with Crippen LogP contribution in [0.3, 0.4) is 0 Å². The molecule has 6 nitrogen and oxygen atoms in total. The fourth-order valence-corrected chi connectivity index (χ4v) is 1.58. The molecule has 0 fully saturated rings. The van der Waals surface area contributed by atoms with Crippen molar-refractivity contribution in [1.82, 2.24) is 20.0 Å². The Kier molecular flexibility index (Phi) is 3.88. The molecule has 0 aliphatic heterocycles. The van der Waals surface area contributed by atoms with E-state index in [9.17, 15) is 5.11 Å². The van der Waals surface area contributed by atoms with Gasteiger partial charge in [-0.25, -0.2) is 9.67 Å². The highest BCUT2D eigenvalue weighted by molar-refractivity contribution is 5.15. The second kappa shape index (κ2) is 5.59. The number of aliphatic hydroxyl groups excluding tert-OH is 1. The molecular formula is C12H16N4O2. The number of aromatic nitrogens is 4. The molecule has 18 heavy (non-hydrogen) atoms. The van der Waals surface area contributed by atoms with Gasteiger partial charge in [-0.05, 0) is 12.5 Å². The highest BCUT2D eigenvalue weighted by Gasteiger charge is 2.10. The van der Waals surface area contributed by atoms with Crippen LogP contribution in [0, 0.1) is 0 Å². The van der Waals surface area contributed by atoms with Crippen molar-refractivity contribution in [3.8, 4) is 5.88 Å². The summed E-state index contributed by atoms with van der Waals surface area (Å²) in [6.07, 6.45) is 1.79. The van der Waals surface area contributed by atoms with Gasteiger partial charge in [0, 0.05) is 6.07 Å². The zero-order chi connectivity index (χ0) is 13.0. The van der Waals surface area contributed by atoms with E-state index in [1.807, 2.05) is 19.1 Å². The average molecular weight is 248 g/mol. The van der Waals surface area contributed by atoms with Gasteiger partial charge in [-0.2, -0.15) is 0 Å². The molecule has 2 aromatic rings. The standard InChI is InChI=1S/C12H16N4O2/c1-3-11(17)10-8-16(15-14-10)7-9-5-4-6-12(13-9)18-2/h4-6,8,11,17H,3,7H2,1-2H3. The van der Waals surface area contributed by atoms with Crippen LogP contribution in [0.25, 0.3) is 0 Å². The van der Waals surface area contributed by atoms with Gasteiger partial charge in [0.25, 0.3) is 0 Å². The maximum atomic E-state index is 9.64. The van der Waals surface area contributed by atoms with Gasteiger partial charge in [0.2, 0.25) is 5.88 Å². The fraction of sp³-hybridized carbons (Fsp3) is 0.417. The zero-order valence-electron chi connectivity index (χ0n) is 10.4. The summed E-state index contributed by atoms with van der Waals surface area (Å²) in [5.74, 6) is 0.571. The van der Waals surface area contributed by atoms with Gasteiger partial charge in [0.15, 0.2) is 0 Å². The Labute approximate surface area is 105 Å². The first kappa shape index (κ1) is 12.5. The maximum Gasteiger partial charge on any atom is 0.213 e. The molecule has 1 N–H and O–H groups in total. The highest BCUT2D eigenvalue weighted by Crippen LogP contribution is 2.13. The number of rotatable bonds is 5. The first-order chi connectivity index (χ1) is 8.72. The average Bonchev–Trinajstić information content (AvgIpc) is 2.86. The van der Waals surface area contributed by atoms with Gasteiger partial charge in [-0.1, -0.05) is 18.2 Å². The lowest BCUT2D eigenvalue weighted by Gasteiger charge is -2.03. The molecule has 0 saturated carbocycles. The number of hydrogen-bond acceptors (Lipinski definition) is 5. The molecular weight excluding hydrogens is 232 g/mol. The normalized spacial score (nSPS) is 12.4. The summed E-state index contributed by atoms with van der Waals surface area (Å²) in [4.78, 5) is 4.29. The second-order valence-corrected chi connectivity index (χ2v) is 3.94. The Morgan fingerprint density at radius 1 is 1.44 bits per heavy atom. The molecule has 0 saturated heterocycles. The summed E-state index contributed by atoms with van der Waals surface area (Å²) >= 11 is 0. The van der Waals surface area contributed by atoms with Crippen molar-refractivity contribution in [1.29, 1.82) is 0 Å². The number of hydrogen-bond donors (Lipinski definition) is 1. The third kappa shape index (κ3) is 2.84. The van der Waals surface area contributed by atoms with Gasteiger partial charge in [-0.15, -0.1) is 5.10 Å². The predicted octanol–water partition coefficient (Wildman–Crippen LogP) is 1.17. The SMILES string of the molecule is CCC(O)c1cn(Cc2cccc(OC)n2)nn1. The number of nitrogens with zero attached hydrogens (tertiary/aromatic N) is 4. The lowest BCUT2D eigenvalue weighted by Crippen LogP contribution is -2.03. The molecule has 1 unspecified atom stereocenters. The molecule has 0 aliphatic carbocycles. The van der Waals surface area contributed by atoms with Crippen LogP contribution in [0.15, 0.2) is 24.4 Å². The van der Waals surface area contributed by atoms with Crippen LogP contribution >= 0.6 is 0 Å². The first-order valence-electron chi connectivity index (χ1n) is 5.81. The lowest BCUT2D eigenvalue weighted by molar-refractivity contribution is 0.168. The molecule has 2 rings (SSSR count). The number of aliphatic hydroxyl groups is 1. The van der Waals surface area contributed by atoms with Crippen molar-refractivity contribution in [2.24, 2.45) is 0 Å². The van der Waals surface area contributed by atoms with Crippen LogP contribution < -0.4 is 4.74 Å². The molecule has 0 radical (unpaired) electrons. The molecule has 0 bridgehead atoms. The molecule has 1 atom stereocenters. The quantitative estimate of drug-likeness (QED) is 0.860. The number of methoxy groups -OCH3 is 1. The Bertz CT molecular complexity index is 512. The number of ether oxygens (including phenoxy) is 1. The fourth-order valence-electron chi connectivity index (χ4n) is 1.58. The Hall–Kier alpha value is -1.95. The van der Waals surface area contributed by atoms with Gasteiger partial charge < -0.3 is 9.84 Å². The molecule has 0 aliphatic rings. The largest absolute Gasteiger partial charge is 0.481 e. The van der Waals surface area contributed by atoms with Crippen molar-refractivity contribution in [2.45, 2.75) is 26.0 Å². The lowest BCUT2D eigenvalue weighted by atomic mass is 10.2. The summed E-state index contributed by atoms with van der Waals surface area (Å²) in [6.45, 7) is 2.40.